The van der Waals surface area contributed by atoms with E-state index in [1.54, 1.807) is 19.1 Å². The molecular weight excluding hydrogens is 408 g/mol. The molecule has 1 aromatic carbocycles. The van der Waals surface area contributed by atoms with Crippen LogP contribution in [0.4, 0.5) is 5.69 Å². The van der Waals surface area contributed by atoms with Crippen LogP contribution in [0.1, 0.15) is 28.9 Å². The molecule has 0 spiro atoms. The average molecular weight is 428 g/mol. The number of benzene rings is 1. The van der Waals surface area contributed by atoms with Crippen LogP contribution in [0.5, 0.6) is 0 Å². The number of nitrogens with zero attached hydrogens (tertiary/aromatic N) is 4. The van der Waals surface area contributed by atoms with Crippen LogP contribution in [0.25, 0.3) is 5.82 Å². The number of hydrogen-bond acceptors (Lipinski definition) is 6. The van der Waals surface area contributed by atoms with Crippen LogP contribution in [-0.4, -0.2) is 51.7 Å². The smallest absolute Gasteiger partial charge is 0.264 e. The Morgan fingerprint density at radius 3 is 2.63 bits per heavy atom. The van der Waals surface area contributed by atoms with Crippen molar-refractivity contribution in [2.24, 2.45) is 0 Å². The van der Waals surface area contributed by atoms with E-state index in [9.17, 15) is 18.0 Å². The van der Waals surface area contributed by atoms with Gasteiger partial charge in [-0.2, -0.15) is 14.5 Å². The summed E-state index contributed by atoms with van der Waals surface area (Å²) in [7, 11) is -3.58. The van der Waals surface area contributed by atoms with E-state index in [0.717, 1.165) is 12.8 Å². The van der Waals surface area contributed by atoms with Gasteiger partial charge < -0.3 is 5.32 Å². The molecule has 0 saturated carbocycles. The first-order chi connectivity index (χ1) is 14.4. The van der Waals surface area contributed by atoms with Gasteiger partial charge in [-0.3, -0.25) is 9.59 Å². The van der Waals surface area contributed by atoms with E-state index < -0.39 is 15.9 Å². The van der Waals surface area contributed by atoms with E-state index in [0.29, 0.717) is 35.9 Å². The zero-order chi connectivity index (χ0) is 21.3. The molecule has 11 heteroatoms. The molecule has 30 heavy (non-hydrogen) atoms. The number of nitrogens with one attached hydrogen (secondary N) is 2. The van der Waals surface area contributed by atoms with Crippen molar-refractivity contribution in [2.45, 2.75) is 24.7 Å². The van der Waals surface area contributed by atoms with Crippen LogP contribution in [0.2, 0.25) is 0 Å². The zero-order valence-corrected chi connectivity index (χ0v) is 17.0. The minimum absolute atomic E-state index is 0.145. The van der Waals surface area contributed by atoms with E-state index in [1.807, 2.05) is 0 Å². The lowest BCUT2D eigenvalue weighted by molar-refractivity contribution is 0.102. The van der Waals surface area contributed by atoms with Crippen molar-refractivity contribution in [3.8, 4) is 5.82 Å². The molecule has 1 aliphatic heterocycles. The summed E-state index contributed by atoms with van der Waals surface area (Å²) in [6, 6.07) is 9.01. The molecule has 2 aromatic heterocycles. The van der Waals surface area contributed by atoms with Gasteiger partial charge in [-0.05, 0) is 44.0 Å². The number of carbonyl (C=O) groups is 1. The molecule has 0 bridgehead atoms. The molecule has 3 aromatic rings. The number of rotatable bonds is 5. The number of sulfonamides is 1. The highest BCUT2D eigenvalue weighted by Gasteiger charge is 2.27. The third-order valence-electron chi connectivity index (χ3n) is 4.93. The lowest BCUT2D eigenvalue weighted by Crippen LogP contribution is -2.27. The number of anilines is 1. The third kappa shape index (κ3) is 3.76. The van der Waals surface area contributed by atoms with Gasteiger partial charge in [0.05, 0.1) is 22.3 Å². The molecule has 4 rings (SSSR count). The summed E-state index contributed by atoms with van der Waals surface area (Å²) >= 11 is 0. The monoisotopic (exact) mass is 428 g/mol. The van der Waals surface area contributed by atoms with E-state index in [4.69, 9.17) is 0 Å². The molecule has 1 aliphatic rings. The van der Waals surface area contributed by atoms with Crippen LogP contribution >= 0.6 is 0 Å². The van der Waals surface area contributed by atoms with Gasteiger partial charge in [0.1, 0.15) is 0 Å². The van der Waals surface area contributed by atoms with Gasteiger partial charge in [0, 0.05) is 24.8 Å². The SMILES string of the molecule is Cc1c(C(=O)Nc2cccc(S(=O)(=O)N3CCCC3)c2)cnn1-c1ccc(=O)[nH]n1. The highest BCUT2D eigenvalue weighted by atomic mass is 32.2. The second-order valence-electron chi connectivity index (χ2n) is 6.93. The number of amides is 1. The van der Waals surface area contributed by atoms with Crippen molar-refractivity contribution < 1.29 is 13.2 Å². The molecule has 0 radical (unpaired) electrons. The van der Waals surface area contributed by atoms with E-state index >= 15 is 0 Å². The molecule has 10 nitrogen and oxygen atoms in total. The Balaban J connectivity index is 1.56. The van der Waals surface area contributed by atoms with Crippen molar-refractivity contribution in [1.82, 2.24) is 24.3 Å². The number of H-pyrrole nitrogens is 1. The fourth-order valence-corrected chi connectivity index (χ4v) is 4.89. The topological polar surface area (TPSA) is 130 Å². The van der Waals surface area contributed by atoms with Crippen molar-refractivity contribution in [2.75, 3.05) is 18.4 Å². The molecule has 2 N–H and O–H groups in total. The zero-order valence-electron chi connectivity index (χ0n) is 16.2. The Bertz CT molecular complexity index is 1240. The summed E-state index contributed by atoms with van der Waals surface area (Å²) in [4.78, 5) is 24.1. The maximum Gasteiger partial charge on any atom is 0.264 e. The van der Waals surface area contributed by atoms with Gasteiger partial charge >= 0.3 is 0 Å². The second kappa shape index (κ2) is 7.84. The summed E-state index contributed by atoms with van der Waals surface area (Å²) in [6.45, 7) is 2.72. The predicted molar refractivity (Wildman–Crippen MR) is 109 cm³/mol. The second-order valence-corrected chi connectivity index (χ2v) is 8.87. The van der Waals surface area contributed by atoms with Crippen LogP contribution < -0.4 is 10.9 Å². The Kier molecular flexibility index (Phi) is 5.22. The summed E-state index contributed by atoms with van der Waals surface area (Å²) in [5.74, 6) is -0.0660. The van der Waals surface area contributed by atoms with Crippen molar-refractivity contribution in [1.29, 1.82) is 0 Å². The first-order valence-electron chi connectivity index (χ1n) is 9.38. The normalized spacial score (nSPS) is 14.7. The molecule has 3 heterocycles. The van der Waals surface area contributed by atoms with Gasteiger partial charge in [-0.15, -0.1) is 0 Å². The molecule has 1 saturated heterocycles. The summed E-state index contributed by atoms with van der Waals surface area (Å²) < 4.78 is 28.4. The lowest BCUT2D eigenvalue weighted by atomic mass is 10.2. The summed E-state index contributed by atoms with van der Waals surface area (Å²) in [5, 5.41) is 13.1. The van der Waals surface area contributed by atoms with E-state index in [2.05, 4.69) is 20.6 Å². The Hall–Kier alpha value is -3.31. The van der Waals surface area contributed by atoms with Crippen LogP contribution in [-0.2, 0) is 10.0 Å². The van der Waals surface area contributed by atoms with Crippen LogP contribution in [0, 0.1) is 6.92 Å². The number of carbonyl (C=O) groups excluding carboxylic acids is 1. The molecule has 1 amide bonds. The largest absolute Gasteiger partial charge is 0.322 e. The Labute approximate surface area is 172 Å². The number of aromatic amines is 1. The van der Waals surface area contributed by atoms with E-state index in [1.165, 1.54) is 39.4 Å². The first kappa shape index (κ1) is 20.0. The summed E-state index contributed by atoms with van der Waals surface area (Å²) in [6.07, 6.45) is 3.09. The van der Waals surface area contributed by atoms with Crippen LogP contribution in [0.3, 0.4) is 0 Å². The highest BCUT2D eigenvalue weighted by Crippen LogP contribution is 2.23. The third-order valence-corrected chi connectivity index (χ3v) is 6.83. The number of hydrogen-bond donors (Lipinski definition) is 2. The van der Waals surface area contributed by atoms with Gasteiger partial charge in [0.25, 0.3) is 11.5 Å². The standard InChI is InChI=1S/C19H20N6O4S/c1-13-16(12-20-25(13)17-7-8-18(26)23-22-17)19(27)21-14-5-4-6-15(11-14)30(28,29)24-9-2-3-10-24/h4-8,11-12H,2-3,9-10H2,1H3,(H,21,27)(H,23,26). The van der Waals surface area contributed by atoms with Crippen molar-refractivity contribution in [3.63, 3.8) is 0 Å². The molecule has 0 unspecified atom stereocenters. The van der Waals surface area contributed by atoms with Gasteiger partial charge in [-0.25, -0.2) is 18.2 Å². The molecule has 156 valence electrons. The van der Waals surface area contributed by atoms with Gasteiger partial charge in [0.15, 0.2) is 5.82 Å². The number of aromatic nitrogens is 4. The highest BCUT2D eigenvalue weighted by molar-refractivity contribution is 7.89. The quantitative estimate of drug-likeness (QED) is 0.630. The van der Waals surface area contributed by atoms with E-state index in [-0.39, 0.29) is 10.5 Å². The van der Waals surface area contributed by atoms with Gasteiger partial charge in [-0.1, -0.05) is 6.07 Å². The predicted octanol–water partition coefficient (Wildman–Crippen LogP) is 1.30. The molecule has 0 aliphatic carbocycles. The first-order valence-corrected chi connectivity index (χ1v) is 10.8. The Morgan fingerprint density at radius 2 is 1.93 bits per heavy atom. The van der Waals surface area contributed by atoms with Crippen molar-refractivity contribution in [3.05, 3.63) is 64.2 Å². The van der Waals surface area contributed by atoms with Crippen LogP contribution in [0.15, 0.2) is 52.3 Å². The molecule has 1 fully saturated rings. The molecule has 0 atom stereocenters. The average Bonchev–Trinajstić information content (AvgIpc) is 3.39. The minimum Gasteiger partial charge on any atom is -0.322 e. The maximum atomic E-state index is 12.7. The van der Waals surface area contributed by atoms with Gasteiger partial charge in [0.2, 0.25) is 10.0 Å². The summed E-state index contributed by atoms with van der Waals surface area (Å²) in [5.41, 5.74) is 0.851. The Morgan fingerprint density at radius 1 is 1.17 bits per heavy atom. The molecular formula is C19H20N6O4S. The van der Waals surface area contributed by atoms with Crippen molar-refractivity contribution >= 4 is 21.6 Å². The minimum atomic E-state index is -3.58. The maximum absolute atomic E-state index is 12.7. The lowest BCUT2D eigenvalue weighted by Gasteiger charge is -2.16. The fraction of sp³-hybridized carbons (Fsp3) is 0.263. The fourth-order valence-electron chi connectivity index (χ4n) is 3.33.